The summed E-state index contributed by atoms with van der Waals surface area (Å²) in [5.74, 6) is -0.558. The van der Waals surface area contributed by atoms with E-state index in [-0.39, 0.29) is 11.2 Å². The van der Waals surface area contributed by atoms with Crippen LogP contribution in [0.15, 0.2) is 12.1 Å². The molecule has 180 valence electrons. The molecule has 3 aliphatic heterocycles. The number of likely N-dealkylation sites (tertiary alicyclic amines) is 1. The minimum absolute atomic E-state index is 0.0887. The number of benzene rings is 1. The molecule has 1 saturated carbocycles. The third-order valence-corrected chi connectivity index (χ3v) is 8.66. The lowest BCUT2D eigenvalue weighted by atomic mass is 9.51. The van der Waals surface area contributed by atoms with Gasteiger partial charge in [0.15, 0.2) is 23.9 Å². The summed E-state index contributed by atoms with van der Waals surface area (Å²) < 4.78 is 17.9. The summed E-state index contributed by atoms with van der Waals surface area (Å²) in [6.45, 7) is 0.872. The average Bonchev–Trinajstić information content (AvgIpc) is 3.14. The zero-order chi connectivity index (χ0) is 23.2. The number of phenolic OH excluding ortho intramolecular Hbond substituents is 1. The number of piperidine rings is 1. The van der Waals surface area contributed by atoms with Gasteiger partial charge in [-0.2, -0.15) is 0 Å². The number of phenols is 1. The van der Waals surface area contributed by atoms with Crippen molar-refractivity contribution in [1.29, 1.82) is 0 Å². The van der Waals surface area contributed by atoms with E-state index in [1.165, 1.54) is 0 Å². The molecule has 2 bridgehead atoms. The minimum atomic E-state index is -1.77. The summed E-state index contributed by atoms with van der Waals surface area (Å²) in [5.41, 5.74) is 1.86. The Morgan fingerprint density at radius 2 is 1.97 bits per heavy atom. The highest BCUT2D eigenvalue weighted by Crippen LogP contribution is 2.64. The Hall–Kier alpha value is -1.95. The highest BCUT2D eigenvalue weighted by atomic mass is 16.7. The SMILES string of the molecule is CN1CC[C@]23c4c5ccc(O)c4O[C@H]2[C@@H](O[C@H]2O[C@H](C(=O)O)[C@@H](O)[C@H](O)[C@H]2O)CC[C@H]3[C@H]1C5. The second-order valence-electron chi connectivity index (χ2n) is 10.1. The largest absolute Gasteiger partial charge is 0.504 e. The van der Waals surface area contributed by atoms with Gasteiger partial charge in [-0.3, -0.25) is 0 Å². The van der Waals surface area contributed by atoms with Gasteiger partial charge in [0.2, 0.25) is 0 Å². The number of hydrogen-bond donors (Lipinski definition) is 5. The zero-order valence-corrected chi connectivity index (χ0v) is 18.2. The number of carboxylic acid groups (broad SMARTS) is 1. The molecular formula is C23H29NO9. The van der Waals surface area contributed by atoms with Crippen LogP contribution in [0.2, 0.25) is 0 Å². The minimum Gasteiger partial charge on any atom is -0.504 e. The molecule has 0 unspecified atom stereocenters. The maximum atomic E-state index is 11.5. The van der Waals surface area contributed by atoms with Crippen molar-refractivity contribution >= 4 is 5.97 Å². The normalized spacial score (nSPS) is 45.9. The monoisotopic (exact) mass is 463 g/mol. The molecule has 5 N–H and O–H groups in total. The Morgan fingerprint density at radius 1 is 1.18 bits per heavy atom. The first-order valence-corrected chi connectivity index (χ1v) is 11.5. The molecule has 5 aliphatic rings. The fraction of sp³-hybridized carbons (Fsp3) is 0.696. The van der Waals surface area contributed by atoms with Crippen LogP contribution < -0.4 is 4.74 Å². The van der Waals surface area contributed by atoms with Crippen LogP contribution in [0.3, 0.4) is 0 Å². The molecule has 2 saturated heterocycles. The lowest BCUT2D eigenvalue weighted by Gasteiger charge is -2.59. The molecule has 0 radical (unpaired) electrons. The van der Waals surface area contributed by atoms with Crippen molar-refractivity contribution in [2.24, 2.45) is 5.92 Å². The average molecular weight is 463 g/mol. The van der Waals surface area contributed by atoms with Crippen LogP contribution in [0.1, 0.15) is 30.4 Å². The van der Waals surface area contributed by atoms with Gasteiger partial charge in [0.25, 0.3) is 0 Å². The van der Waals surface area contributed by atoms with Crippen molar-refractivity contribution in [2.45, 2.75) is 80.1 Å². The van der Waals surface area contributed by atoms with E-state index in [1.807, 2.05) is 6.07 Å². The lowest BCUT2D eigenvalue weighted by Crippen LogP contribution is -2.67. The number of aliphatic hydroxyl groups is 3. The maximum Gasteiger partial charge on any atom is 0.335 e. The summed E-state index contributed by atoms with van der Waals surface area (Å²) in [4.78, 5) is 13.9. The van der Waals surface area contributed by atoms with Gasteiger partial charge < -0.3 is 44.6 Å². The number of aliphatic carboxylic acids is 1. The Labute approximate surface area is 190 Å². The van der Waals surface area contributed by atoms with Gasteiger partial charge in [0.05, 0.1) is 6.10 Å². The van der Waals surface area contributed by atoms with E-state index in [0.717, 1.165) is 36.9 Å². The number of likely N-dealkylation sites (N-methyl/N-ethyl adjacent to an activating group) is 1. The second kappa shape index (κ2) is 7.27. The summed E-state index contributed by atoms with van der Waals surface area (Å²) in [7, 11) is 2.14. The van der Waals surface area contributed by atoms with Crippen LogP contribution in [-0.4, -0.2) is 98.9 Å². The van der Waals surface area contributed by atoms with Crippen LogP contribution in [0, 0.1) is 5.92 Å². The van der Waals surface area contributed by atoms with Gasteiger partial charge in [0.1, 0.15) is 24.4 Å². The van der Waals surface area contributed by atoms with Crippen LogP contribution in [-0.2, 0) is 26.1 Å². The van der Waals surface area contributed by atoms with E-state index < -0.39 is 48.9 Å². The Bertz CT molecular complexity index is 987. The van der Waals surface area contributed by atoms with Gasteiger partial charge in [-0.25, -0.2) is 4.79 Å². The molecule has 10 nitrogen and oxygen atoms in total. The summed E-state index contributed by atoms with van der Waals surface area (Å²) in [6, 6.07) is 3.98. The van der Waals surface area contributed by atoms with Gasteiger partial charge in [-0.1, -0.05) is 6.07 Å². The summed E-state index contributed by atoms with van der Waals surface area (Å²) in [6.07, 6.45) is -6.12. The topological polar surface area (TPSA) is 149 Å². The van der Waals surface area contributed by atoms with Crippen molar-refractivity contribution in [1.82, 2.24) is 4.90 Å². The molecule has 10 atom stereocenters. The van der Waals surface area contributed by atoms with Crippen molar-refractivity contribution in [2.75, 3.05) is 13.6 Å². The number of aromatic hydroxyl groups is 1. The van der Waals surface area contributed by atoms with E-state index >= 15 is 0 Å². The van der Waals surface area contributed by atoms with Crippen LogP contribution in [0.4, 0.5) is 0 Å². The quantitative estimate of drug-likeness (QED) is 0.391. The Kier molecular flexibility index (Phi) is 4.75. The molecule has 0 amide bonds. The molecule has 1 aromatic rings. The fourth-order valence-corrected chi connectivity index (χ4v) is 7.17. The Balaban J connectivity index is 1.36. The summed E-state index contributed by atoms with van der Waals surface area (Å²) >= 11 is 0. The second-order valence-corrected chi connectivity index (χ2v) is 10.1. The number of ether oxygens (including phenoxy) is 3. The van der Waals surface area contributed by atoms with Crippen molar-refractivity contribution in [3.05, 3.63) is 23.3 Å². The predicted molar refractivity (Wildman–Crippen MR) is 111 cm³/mol. The van der Waals surface area contributed by atoms with Crippen molar-refractivity contribution in [3.63, 3.8) is 0 Å². The van der Waals surface area contributed by atoms with Gasteiger partial charge in [0, 0.05) is 17.0 Å². The molecule has 6 rings (SSSR count). The highest BCUT2D eigenvalue weighted by molar-refractivity contribution is 5.73. The van der Waals surface area contributed by atoms with Crippen LogP contribution in [0.5, 0.6) is 11.5 Å². The molecular weight excluding hydrogens is 434 g/mol. The molecule has 10 heteroatoms. The molecule has 3 heterocycles. The first-order valence-electron chi connectivity index (χ1n) is 11.5. The number of hydrogen-bond acceptors (Lipinski definition) is 9. The standard InChI is InChI=1S/C23H29NO9/c1-24-7-6-23-10-3-5-13(31-22-17(28)15(26)16(27)19(33-22)21(29)30)20(23)32-18-12(25)4-2-9(14(18)23)8-11(10)24/h2,4,10-11,13,15-17,19-20,22,25-28H,3,5-8H2,1H3,(H,29,30)/t10-,11+,13-,15-,16-,17+,19-,20-,22-,23-/m0/s1. The van der Waals surface area contributed by atoms with E-state index in [4.69, 9.17) is 14.2 Å². The number of nitrogens with zero attached hydrogens (tertiary/aromatic N) is 1. The number of aliphatic hydroxyl groups excluding tert-OH is 3. The highest BCUT2D eigenvalue weighted by Gasteiger charge is 2.66. The van der Waals surface area contributed by atoms with E-state index in [0.29, 0.717) is 24.1 Å². The molecule has 3 fully saturated rings. The predicted octanol–water partition coefficient (Wildman–Crippen LogP) is -0.661. The van der Waals surface area contributed by atoms with E-state index in [1.54, 1.807) is 6.07 Å². The maximum absolute atomic E-state index is 11.5. The van der Waals surface area contributed by atoms with Crippen molar-refractivity contribution in [3.8, 4) is 11.5 Å². The fourth-order valence-electron chi connectivity index (χ4n) is 7.17. The zero-order valence-electron chi connectivity index (χ0n) is 18.2. The molecule has 0 aromatic heterocycles. The molecule has 1 aromatic carbocycles. The third-order valence-electron chi connectivity index (χ3n) is 8.66. The third kappa shape index (κ3) is 2.79. The lowest BCUT2D eigenvalue weighted by molar-refractivity contribution is -0.315. The first-order chi connectivity index (χ1) is 15.7. The number of rotatable bonds is 3. The van der Waals surface area contributed by atoms with Crippen molar-refractivity contribution < 1.29 is 44.5 Å². The number of carbonyl (C=O) groups is 1. The van der Waals surface area contributed by atoms with E-state index in [2.05, 4.69) is 11.9 Å². The Morgan fingerprint density at radius 3 is 2.73 bits per heavy atom. The molecule has 33 heavy (non-hydrogen) atoms. The van der Waals surface area contributed by atoms with Gasteiger partial charge in [-0.05, 0) is 56.8 Å². The smallest absolute Gasteiger partial charge is 0.335 e. The van der Waals surface area contributed by atoms with Gasteiger partial charge >= 0.3 is 5.97 Å². The molecule has 2 aliphatic carbocycles. The van der Waals surface area contributed by atoms with E-state index in [9.17, 15) is 30.3 Å². The van der Waals surface area contributed by atoms with Crippen LogP contribution in [0.25, 0.3) is 0 Å². The van der Waals surface area contributed by atoms with Gasteiger partial charge in [-0.15, -0.1) is 0 Å². The molecule has 1 spiro atoms. The number of carboxylic acids is 1. The van der Waals surface area contributed by atoms with Crippen LogP contribution >= 0.6 is 0 Å². The summed E-state index contributed by atoms with van der Waals surface area (Å²) in [5, 5.41) is 50.6. The first kappa shape index (κ1) is 21.6.